The van der Waals surface area contributed by atoms with Gasteiger partial charge < -0.3 is 10.2 Å². The maximum absolute atomic E-state index is 3.58. The van der Waals surface area contributed by atoms with Gasteiger partial charge in [-0.15, -0.1) is 0 Å². The van der Waals surface area contributed by atoms with Crippen molar-refractivity contribution in [3.8, 4) is 0 Å². The molecule has 0 radical (unpaired) electrons. The van der Waals surface area contributed by atoms with Gasteiger partial charge in [-0.05, 0) is 38.8 Å². The topological polar surface area (TPSA) is 15.3 Å². The van der Waals surface area contributed by atoms with Crippen LogP contribution in [0.4, 0.5) is 0 Å². The second-order valence-corrected chi connectivity index (χ2v) is 4.59. The summed E-state index contributed by atoms with van der Waals surface area (Å²) in [4.78, 5) is 2.60. The van der Waals surface area contributed by atoms with E-state index in [1.165, 1.54) is 32.5 Å². The maximum atomic E-state index is 3.58. The Hall–Kier alpha value is -0.340. The normalized spacial score (nSPS) is 28.7. The third-order valence-electron chi connectivity index (χ3n) is 3.30. The number of hydrogen-bond donors (Lipinski definition) is 1. The van der Waals surface area contributed by atoms with Crippen LogP contribution in [0.5, 0.6) is 0 Å². The Morgan fingerprint density at radius 1 is 1.47 bits per heavy atom. The van der Waals surface area contributed by atoms with Gasteiger partial charge in [0.05, 0.1) is 0 Å². The van der Waals surface area contributed by atoms with Crippen LogP contribution in [0.3, 0.4) is 0 Å². The average molecular weight is 210 g/mol. The van der Waals surface area contributed by atoms with Crippen LogP contribution in [-0.2, 0) is 0 Å². The molecule has 0 aliphatic carbocycles. The Bertz CT molecular complexity index is 189. The lowest BCUT2D eigenvalue weighted by atomic mass is 9.94. The van der Waals surface area contributed by atoms with Crippen molar-refractivity contribution in [2.75, 3.05) is 26.2 Å². The molecule has 15 heavy (non-hydrogen) atoms. The Balaban J connectivity index is 2.24. The monoisotopic (exact) mass is 210 g/mol. The van der Waals surface area contributed by atoms with E-state index in [2.05, 4.69) is 43.1 Å². The minimum Gasteiger partial charge on any atom is -0.314 e. The van der Waals surface area contributed by atoms with Gasteiger partial charge in [-0.3, -0.25) is 0 Å². The maximum Gasteiger partial charge on any atom is 0.0117 e. The zero-order chi connectivity index (χ0) is 11.1. The van der Waals surface area contributed by atoms with Crippen molar-refractivity contribution in [1.29, 1.82) is 0 Å². The lowest BCUT2D eigenvalue weighted by Gasteiger charge is -2.37. The molecule has 0 saturated carbocycles. The SMILES string of the molecule is C/C=C/CCN1CCC(NCC)C(C)C1. The minimum atomic E-state index is 0.743. The molecule has 1 saturated heterocycles. The second kappa shape index (κ2) is 7.02. The van der Waals surface area contributed by atoms with E-state index in [1.807, 2.05) is 0 Å². The number of allylic oxidation sites excluding steroid dienone is 1. The van der Waals surface area contributed by atoms with Crippen LogP contribution in [0.15, 0.2) is 12.2 Å². The molecule has 1 aliphatic heterocycles. The molecule has 2 heteroatoms. The van der Waals surface area contributed by atoms with E-state index >= 15 is 0 Å². The third-order valence-corrected chi connectivity index (χ3v) is 3.30. The first kappa shape index (κ1) is 12.7. The summed E-state index contributed by atoms with van der Waals surface area (Å²) in [6, 6.07) is 0.743. The van der Waals surface area contributed by atoms with Crippen molar-refractivity contribution in [1.82, 2.24) is 10.2 Å². The molecule has 2 nitrogen and oxygen atoms in total. The van der Waals surface area contributed by atoms with Gasteiger partial charge in [0.15, 0.2) is 0 Å². The second-order valence-electron chi connectivity index (χ2n) is 4.59. The zero-order valence-electron chi connectivity index (χ0n) is 10.5. The highest BCUT2D eigenvalue weighted by atomic mass is 15.1. The number of hydrogen-bond acceptors (Lipinski definition) is 2. The van der Waals surface area contributed by atoms with Crippen LogP contribution in [-0.4, -0.2) is 37.1 Å². The quantitative estimate of drug-likeness (QED) is 0.700. The molecule has 0 amide bonds. The highest BCUT2D eigenvalue weighted by molar-refractivity contribution is 4.84. The number of likely N-dealkylation sites (tertiary alicyclic amines) is 1. The fourth-order valence-electron chi connectivity index (χ4n) is 2.42. The van der Waals surface area contributed by atoms with Crippen LogP contribution in [0, 0.1) is 5.92 Å². The van der Waals surface area contributed by atoms with E-state index in [-0.39, 0.29) is 0 Å². The van der Waals surface area contributed by atoms with Gasteiger partial charge in [-0.1, -0.05) is 26.0 Å². The van der Waals surface area contributed by atoms with Crippen molar-refractivity contribution in [2.45, 2.75) is 39.7 Å². The minimum absolute atomic E-state index is 0.743. The molecule has 0 aromatic rings. The molecule has 0 spiro atoms. The molecule has 1 fully saturated rings. The van der Waals surface area contributed by atoms with Crippen LogP contribution >= 0.6 is 0 Å². The van der Waals surface area contributed by atoms with Gasteiger partial charge in [-0.2, -0.15) is 0 Å². The van der Waals surface area contributed by atoms with Gasteiger partial charge in [0.25, 0.3) is 0 Å². The molecule has 1 aliphatic rings. The number of rotatable bonds is 5. The van der Waals surface area contributed by atoms with E-state index in [9.17, 15) is 0 Å². The number of nitrogens with zero attached hydrogens (tertiary/aromatic N) is 1. The summed E-state index contributed by atoms with van der Waals surface area (Å²) in [5.41, 5.74) is 0. The first-order valence-corrected chi connectivity index (χ1v) is 6.34. The summed E-state index contributed by atoms with van der Waals surface area (Å²) in [6.45, 7) is 11.5. The van der Waals surface area contributed by atoms with Gasteiger partial charge in [-0.25, -0.2) is 0 Å². The van der Waals surface area contributed by atoms with E-state index in [1.54, 1.807) is 0 Å². The Morgan fingerprint density at radius 3 is 2.87 bits per heavy atom. The number of piperidine rings is 1. The zero-order valence-corrected chi connectivity index (χ0v) is 10.5. The van der Waals surface area contributed by atoms with Crippen molar-refractivity contribution < 1.29 is 0 Å². The highest BCUT2D eigenvalue weighted by Crippen LogP contribution is 2.16. The van der Waals surface area contributed by atoms with E-state index < -0.39 is 0 Å². The Kier molecular flexibility index (Phi) is 5.96. The molecule has 1 rings (SSSR count). The molecule has 1 heterocycles. The standard InChI is InChI=1S/C13H26N2/c1-4-6-7-9-15-10-8-13(14-5-2)12(3)11-15/h4,6,12-14H,5,7-11H2,1-3H3/b6-4+. The molecular formula is C13H26N2. The van der Waals surface area contributed by atoms with Crippen LogP contribution in [0.1, 0.15) is 33.6 Å². The predicted octanol–water partition coefficient (Wildman–Crippen LogP) is 2.27. The van der Waals surface area contributed by atoms with Gasteiger partial charge in [0, 0.05) is 19.1 Å². The van der Waals surface area contributed by atoms with Crippen molar-refractivity contribution in [3.63, 3.8) is 0 Å². The number of nitrogens with one attached hydrogen (secondary N) is 1. The highest BCUT2D eigenvalue weighted by Gasteiger charge is 2.24. The summed E-state index contributed by atoms with van der Waals surface area (Å²) < 4.78 is 0. The van der Waals surface area contributed by atoms with Gasteiger partial charge in [0.1, 0.15) is 0 Å². The first-order valence-electron chi connectivity index (χ1n) is 6.34. The van der Waals surface area contributed by atoms with Crippen molar-refractivity contribution in [2.24, 2.45) is 5.92 Å². The molecule has 0 aromatic carbocycles. The van der Waals surface area contributed by atoms with E-state index in [0.29, 0.717) is 0 Å². The smallest absolute Gasteiger partial charge is 0.0117 e. The van der Waals surface area contributed by atoms with Crippen LogP contribution in [0.2, 0.25) is 0 Å². The molecule has 1 N–H and O–H groups in total. The molecule has 2 atom stereocenters. The predicted molar refractivity (Wildman–Crippen MR) is 67.1 cm³/mol. The molecule has 0 aromatic heterocycles. The molecular weight excluding hydrogens is 184 g/mol. The van der Waals surface area contributed by atoms with Crippen molar-refractivity contribution in [3.05, 3.63) is 12.2 Å². The van der Waals surface area contributed by atoms with Gasteiger partial charge in [0.2, 0.25) is 0 Å². The summed E-state index contributed by atoms with van der Waals surface area (Å²) in [6.07, 6.45) is 6.93. The first-order chi connectivity index (χ1) is 7.27. The van der Waals surface area contributed by atoms with Gasteiger partial charge >= 0.3 is 0 Å². The third kappa shape index (κ3) is 4.35. The summed E-state index contributed by atoms with van der Waals surface area (Å²) in [5.74, 6) is 0.796. The van der Waals surface area contributed by atoms with Crippen molar-refractivity contribution >= 4 is 0 Å². The fourth-order valence-corrected chi connectivity index (χ4v) is 2.42. The van der Waals surface area contributed by atoms with Crippen LogP contribution < -0.4 is 5.32 Å². The van der Waals surface area contributed by atoms with E-state index in [0.717, 1.165) is 18.5 Å². The Labute approximate surface area is 94.7 Å². The summed E-state index contributed by atoms with van der Waals surface area (Å²) in [5, 5.41) is 3.58. The average Bonchev–Trinajstić information content (AvgIpc) is 2.23. The molecule has 2 unspecified atom stereocenters. The summed E-state index contributed by atoms with van der Waals surface area (Å²) in [7, 11) is 0. The largest absolute Gasteiger partial charge is 0.314 e. The summed E-state index contributed by atoms with van der Waals surface area (Å²) >= 11 is 0. The lowest BCUT2D eigenvalue weighted by Crippen LogP contribution is -2.48. The Morgan fingerprint density at radius 2 is 2.27 bits per heavy atom. The van der Waals surface area contributed by atoms with Crippen LogP contribution in [0.25, 0.3) is 0 Å². The lowest BCUT2D eigenvalue weighted by molar-refractivity contribution is 0.150. The molecule has 0 bridgehead atoms. The fraction of sp³-hybridized carbons (Fsp3) is 0.846. The van der Waals surface area contributed by atoms with E-state index in [4.69, 9.17) is 0 Å². The molecule has 88 valence electrons.